The van der Waals surface area contributed by atoms with Gasteiger partial charge < -0.3 is 10.1 Å². The Morgan fingerprint density at radius 2 is 2.05 bits per heavy atom. The average molecular weight is 289 g/mol. The molecule has 0 aromatic heterocycles. The maximum atomic E-state index is 5.77. The van der Waals surface area contributed by atoms with E-state index in [1.165, 1.54) is 36.8 Å². The van der Waals surface area contributed by atoms with Crippen LogP contribution in [0.3, 0.4) is 0 Å². The summed E-state index contributed by atoms with van der Waals surface area (Å²) in [5, 5.41) is 3.51. The third kappa shape index (κ3) is 5.03. The molecule has 0 fully saturated rings. The fourth-order valence-corrected chi connectivity index (χ4v) is 2.97. The van der Waals surface area contributed by atoms with Gasteiger partial charge in [-0.1, -0.05) is 32.9 Å². The summed E-state index contributed by atoms with van der Waals surface area (Å²) in [6.07, 6.45) is 6.29. The Hall–Kier alpha value is -1.02. The van der Waals surface area contributed by atoms with E-state index in [9.17, 15) is 0 Å². The number of benzene rings is 1. The number of aryl methyl sites for hydroxylation is 1. The molecule has 2 nitrogen and oxygen atoms in total. The molecule has 1 unspecified atom stereocenters. The standard InChI is InChI=1S/C19H31NO/c1-5-11-20-12-10-19(3,4)9-8-16-6-7-18-17(14-16)13-15(2)21-18/h6-7,14-15,20H,5,8-13H2,1-4H3. The molecule has 1 heterocycles. The Morgan fingerprint density at radius 3 is 2.81 bits per heavy atom. The van der Waals surface area contributed by atoms with Gasteiger partial charge in [0.25, 0.3) is 0 Å². The lowest BCUT2D eigenvalue weighted by Gasteiger charge is -2.25. The van der Waals surface area contributed by atoms with Crippen LogP contribution in [-0.4, -0.2) is 19.2 Å². The third-order valence-electron chi connectivity index (χ3n) is 4.46. The van der Waals surface area contributed by atoms with Crippen molar-refractivity contribution in [1.29, 1.82) is 0 Å². The summed E-state index contributed by atoms with van der Waals surface area (Å²) >= 11 is 0. The zero-order chi connectivity index (χ0) is 15.3. The van der Waals surface area contributed by atoms with Gasteiger partial charge in [-0.3, -0.25) is 0 Å². The van der Waals surface area contributed by atoms with Crippen LogP contribution in [0.25, 0.3) is 0 Å². The predicted molar refractivity (Wildman–Crippen MR) is 90.1 cm³/mol. The van der Waals surface area contributed by atoms with E-state index in [0.717, 1.165) is 25.3 Å². The smallest absolute Gasteiger partial charge is 0.123 e. The minimum atomic E-state index is 0.344. The lowest BCUT2D eigenvalue weighted by molar-refractivity contribution is 0.254. The first-order valence-electron chi connectivity index (χ1n) is 8.49. The van der Waals surface area contributed by atoms with Gasteiger partial charge in [-0.15, -0.1) is 0 Å². The summed E-state index contributed by atoms with van der Waals surface area (Å²) in [6.45, 7) is 11.4. The van der Waals surface area contributed by atoms with Gasteiger partial charge in [-0.25, -0.2) is 0 Å². The van der Waals surface area contributed by atoms with E-state index in [1.54, 1.807) is 0 Å². The first-order chi connectivity index (χ1) is 10.00. The van der Waals surface area contributed by atoms with Crippen molar-refractivity contribution in [1.82, 2.24) is 5.32 Å². The second-order valence-corrected chi connectivity index (χ2v) is 7.24. The molecular weight excluding hydrogens is 258 g/mol. The van der Waals surface area contributed by atoms with Gasteiger partial charge in [0.2, 0.25) is 0 Å². The molecule has 1 N–H and O–H groups in total. The van der Waals surface area contributed by atoms with Gasteiger partial charge in [0.05, 0.1) is 0 Å². The monoisotopic (exact) mass is 289 g/mol. The number of nitrogens with one attached hydrogen (secondary N) is 1. The van der Waals surface area contributed by atoms with Crippen molar-refractivity contribution in [2.45, 2.75) is 65.9 Å². The van der Waals surface area contributed by atoms with Gasteiger partial charge in [0, 0.05) is 6.42 Å². The molecule has 21 heavy (non-hydrogen) atoms. The highest BCUT2D eigenvalue weighted by Crippen LogP contribution is 2.31. The van der Waals surface area contributed by atoms with Crippen LogP contribution in [0.5, 0.6) is 5.75 Å². The molecular formula is C19H31NO. The molecule has 118 valence electrons. The van der Waals surface area contributed by atoms with Crippen LogP contribution in [0.2, 0.25) is 0 Å². The van der Waals surface area contributed by atoms with E-state index in [1.807, 2.05) is 0 Å². The van der Waals surface area contributed by atoms with Gasteiger partial charge in [-0.2, -0.15) is 0 Å². The second-order valence-electron chi connectivity index (χ2n) is 7.24. The molecule has 1 aliphatic rings. The van der Waals surface area contributed by atoms with Crippen molar-refractivity contribution in [3.8, 4) is 5.75 Å². The molecule has 1 aromatic carbocycles. The fourth-order valence-electron chi connectivity index (χ4n) is 2.97. The molecule has 0 aliphatic carbocycles. The molecule has 0 bridgehead atoms. The molecule has 1 aromatic rings. The Bertz CT molecular complexity index is 453. The maximum Gasteiger partial charge on any atom is 0.123 e. The van der Waals surface area contributed by atoms with Gasteiger partial charge in [0.15, 0.2) is 0 Å². The summed E-state index contributed by atoms with van der Waals surface area (Å²) in [6, 6.07) is 6.75. The molecule has 0 amide bonds. The van der Waals surface area contributed by atoms with Crippen molar-refractivity contribution in [2.75, 3.05) is 13.1 Å². The zero-order valence-electron chi connectivity index (χ0n) is 14.2. The van der Waals surface area contributed by atoms with Crippen molar-refractivity contribution >= 4 is 0 Å². The molecule has 1 aliphatic heterocycles. The highest BCUT2D eigenvalue weighted by atomic mass is 16.5. The van der Waals surface area contributed by atoms with Crippen LogP contribution in [0.4, 0.5) is 0 Å². The second kappa shape index (κ2) is 7.31. The first-order valence-corrected chi connectivity index (χ1v) is 8.49. The Labute approximate surface area is 130 Å². The lowest BCUT2D eigenvalue weighted by Crippen LogP contribution is -2.23. The molecule has 2 heteroatoms. The minimum Gasteiger partial charge on any atom is -0.490 e. The number of rotatable bonds is 8. The van der Waals surface area contributed by atoms with Crippen LogP contribution in [-0.2, 0) is 12.8 Å². The predicted octanol–water partition coefficient (Wildman–Crippen LogP) is 4.36. The van der Waals surface area contributed by atoms with Crippen LogP contribution < -0.4 is 10.1 Å². The number of hydrogen-bond donors (Lipinski definition) is 1. The van der Waals surface area contributed by atoms with Gasteiger partial charge >= 0.3 is 0 Å². The van der Waals surface area contributed by atoms with E-state index in [0.29, 0.717) is 11.5 Å². The summed E-state index contributed by atoms with van der Waals surface area (Å²) in [4.78, 5) is 0. The van der Waals surface area contributed by atoms with E-state index in [2.05, 4.69) is 51.2 Å². The van der Waals surface area contributed by atoms with Gasteiger partial charge in [-0.05, 0) is 68.3 Å². The van der Waals surface area contributed by atoms with Crippen molar-refractivity contribution in [2.24, 2.45) is 5.41 Å². The lowest BCUT2D eigenvalue weighted by atomic mass is 9.83. The third-order valence-corrected chi connectivity index (χ3v) is 4.46. The number of hydrogen-bond acceptors (Lipinski definition) is 2. The zero-order valence-corrected chi connectivity index (χ0v) is 14.2. The summed E-state index contributed by atoms with van der Waals surface area (Å²) in [5.41, 5.74) is 3.26. The van der Waals surface area contributed by atoms with Crippen LogP contribution in [0.1, 0.15) is 58.1 Å². The molecule has 1 atom stereocenters. The normalized spacial score (nSPS) is 17.6. The minimum absolute atomic E-state index is 0.344. The number of ether oxygens (including phenoxy) is 1. The van der Waals surface area contributed by atoms with E-state index in [-0.39, 0.29) is 0 Å². The Kier molecular flexibility index (Phi) is 5.69. The summed E-state index contributed by atoms with van der Waals surface area (Å²) in [5.74, 6) is 1.09. The SMILES string of the molecule is CCCNCCC(C)(C)CCc1ccc2c(c1)CC(C)O2. The Balaban J connectivity index is 1.81. The van der Waals surface area contributed by atoms with E-state index in [4.69, 9.17) is 4.74 Å². The largest absolute Gasteiger partial charge is 0.490 e. The van der Waals surface area contributed by atoms with Crippen molar-refractivity contribution < 1.29 is 4.74 Å². The van der Waals surface area contributed by atoms with Crippen molar-refractivity contribution in [3.63, 3.8) is 0 Å². The Morgan fingerprint density at radius 1 is 1.24 bits per heavy atom. The van der Waals surface area contributed by atoms with E-state index >= 15 is 0 Å². The topological polar surface area (TPSA) is 21.3 Å². The summed E-state index contributed by atoms with van der Waals surface area (Å²) in [7, 11) is 0. The summed E-state index contributed by atoms with van der Waals surface area (Å²) < 4.78 is 5.77. The van der Waals surface area contributed by atoms with Crippen LogP contribution in [0, 0.1) is 5.41 Å². The van der Waals surface area contributed by atoms with E-state index < -0.39 is 0 Å². The first kappa shape index (κ1) is 16.4. The molecule has 2 rings (SSSR count). The quantitative estimate of drug-likeness (QED) is 0.718. The van der Waals surface area contributed by atoms with Crippen LogP contribution in [0.15, 0.2) is 18.2 Å². The molecule has 0 saturated heterocycles. The molecule has 0 saturated carbocycles. The highest BCUT2D eigenvalue weighted by Gasteiger charge is 2.20. The fraction of sp³-hybridized carbons (Fsp3) is 0.684. The maximum absolute atomic E-state index is 5.77. The highest BCUT2D eigenvalue weighted by molar-refractivity contribution is 5.40. The number of fused-ring (bicyclic) bond motifs is 1. The van der Waals surface area contributed by atoms with Gasteiger partial charge in [0.1, 0.15) is 11.9 Å². The molecule has 0 spiro atoms. The van der Waals surface area contributed by atoms with Crippen molar-refractivity contribution in [3.05, 3.63) is 29.3 Å². The average Bonchev–Trinajstić information content (AvgIpc) is 2.81. The van der Waals surface area contributed by atoms with Crippen LogP contribution >= 0.6 is 0 Å². The molecule has 0 radical (unpaired) electrons.